The number of benzene rings is 3. The summed E-state index contributed by atoms with van der Waals surface area (Å²) in [4.78, 5) is 26.9. The molecule has 1 aliphatic rings. The van der Waals surface area contributed by atoms with E-state index in [1.54, 1.807) is 31.2 Å². The van der Waals surface area contributed by atoms with E-state index < -0.39 is 40.9 Å². The van der Waals surface area contributed by atoms with Crippen molar-refractivity contribution in [2.45, 2.75) is 13.1 Å². The lowest BCUT2D eigenvalue weighted by molar-refractivity contribution is -0.137. The topological polar surface area (TPSA) is 49.4 Å². The summed E-state index contributed by atoms with van der Waals surface area (Å²) < 4.78 is 67.5. The Bertz CT molecular complexity index is 1300. The number of rotatable bonds is 4. The number of imide groups is 1. The first-order chi connectivity index (χ1) is 15.6. The molecule has 0 saturated heterocycles. The van der Waals surface area contributed by atoms with E-state index in [2.05, 4.69) is 5.32 Å². The summed E-state index contributed by atoms with van der Waals surface area (Å²) in [5.74, 6) is -3.86. The Balaban J connectivity index is 1.84. The number of alkyl halides is 3. The van der Waals surface area contributed by atoms with E-state index in [1.807, 2.05) is 0 Å². The minimum Gasteiger partial charge on any atom is -0.350 e. The Morgan fingerprint density at radius 3 is 2.21 bits per heavy atom. The van der Waals surface area contributed by atoms with Gasteiger partial charge >= 0.3 is 6.18 Å². The maximum Gasteiger partial charge on any atom is 0.416 e. The molecule has 3 aromatic carbocycles. The molecule has 2 amide bonds. The Kier molecular flexibility index (Phi) is 5.49. The SMILES string of the molecule is Cc1ccc(C2=C(Nc3cccc(C(F)(F)F)c3)C(=O)N(c3cc(F)ccc3F)C2=O)cc1. The van der Waals surface area contributed by atoms with Crippen LogP contribution in [0.5, 0.6) is 0 Å². The Labute approximate surface area is 185 Å². The summed E-state index contributed by atoms with van der Waals surface area (Å²) in [5, 5.41) is 2.58. The zero-order valence-electron chi connectivity index (χ0n) is 17.0. The maximum absolute atomic E-state index is 14.4. The first kappa shape index (κ1) is 22.2. The molecule has 33 heavy (non-hydrogen) atoms. The second-order valence-corrected chi connectivity index (χ2v) is 7.36. The number of nitrogens with one attached hydrogen (secondary N) is 1. The predicted molar refractivity (Wildman–Crippen MR) is 112 cm³/mol. The van der Waals surface area contributed by atoms with Crippen LogP contribution in [0.25, 0.3) is 5.57 Å². The first-order valence-corrected chi connectivity index (χ1v) is 9.65. The number of carbonyl (C=O) groups is 2. The van der Waals surface area contributed by atoms with Crippen molar-refractivity contribution in [2.24, 2.45) is 0 Å². The van der Waals surface area contributed by atoms with Crippen LogP contribution in [0.1, 0.15) is 16.7 Å². The zero-order valence-corrected chi connectivity index (χ0v) is 17.0. The van der Waals surface area contributed by atoms with Gasteiger partial charge in [0.05, 0.1) is 16.8 Å². The van der Waals surface area contributed by atoms with Crippen molar-refractivity contribution >= 4 is 28.8 Å². The number of anilines is 2. The molecule has 4 nitrogen and oxygen atoms in total. The summed E-state index contributed by atoms with van der Waals surface area (Å²) in [7, 11) is 0. The normalized spacial score (nSPS) is 14.3. The van der Waals surface area contributed by atoms with Gasteiger partial charge in [0.1, 0.15) is 17.3 Å². The molecule has 0 radical (unpaired) electrons. The molecule has 1 N–H and O–H groups in total. The predicted octanol–water partition coefficient (Wildman–Crippen LogP) is 5.69. The van der Waals surface area contributed by atoms with Gasteiger partial charge in [-0.1, -0.05) is 35.9 Å². The average molecular weight is 458 g/mol. The van der Waals surface area contributed by atoms with Crippen LogP contribution in [-0.2, 0) is 15.8 Å². The fourth-order valence-electron chi connectivity index (χ4n) is 3.43. The van der Waals surface area contributed by atoms with Crippen LogP contribution < -0.4 is 10.2 Å². The molecule has 168 valence electrons. The summed E-state index contributed by atoms with van der Waals surface area (Å²) in [5.41, 5.74) is -1.06. The molecule has 1 aliphatic heterocycles. The maximum atomic E-state index is 14.4. The van der Waals surface area contributed by atoms with E-state index in [-0.39, 0.29) is 22.5 Å². The Morgan fingerprint density at radius 2 is 1.55 bits per heavy atom. The highest BCUT2D eigenvalue weighted by molar-refractivity contribution is 6.46. The van der Waals surface area contributed by atoms with Crippen LogP contribution >= 0.6 is 0 Å². The largest absolute Gasteiger partial charge is 0.416 e. The highest BCUT2D eigenvalue weighted by atomic mass is 19.4. The average Bonchev–Trinajstić information content (AvgIpc) is 3.00. The molecule has 0 saturated carbocycles. The van der Waals surface area contributed by atoms with Gasteiger partial charge in [0.2, 0.25) is 0 Å². The van der Waals surface area contributed by atoms with E-state index in [1.165, 1.54) is 6.07 Å². The Hall–Kier alpha value is -4.01. The number of nitrogens with zero attached hydrogens (tertiary/aromatic N) is 1. The van der Waals surface area contributed by atoms with Crippen molar-refractivity contribution in [2.75, 3.05) is 10.2 Å². The van der Waals surface area contributed by atoms with Crippen LogP contribution in [0.2, 0.25) is 0 Å². The lowest BCUT2D eigenvalue weighted by Gasteiger charge is -2.16. The zero-order chi connectivity index (χ0) is 23.9. The van der Waals surface area contributed by atoms with Gasteiger partial charge in [-0.3, -0.25) is 9.59 Å². The molecule has 0 bridgehead atoms. The van der Waals surface area contributed by atoms with Crippen molar-refractivity contribution in [3.63, 3.8) is 0 Å². The molecule has 0 unspecified atom stereocenters. The molecule has 4 rings (SSSR count). The lowest BCUT2D eigenvalue weighted by Crippen LogP contribution is -2.33. The van der Waals surface area contributed by atoms with Gasteiger partial charge in [0, 0.05) is 11.8 Å². The molecular weight excluding hydrogens is 443 g/mol. The van der Waals surface area contributed by atoms with Crippen molar-refractivity contribution in [1.29, 1.82) is 0 Å². The summed E-state index contributed by atoms with van der Waals surface area (Å²) in [6, 6.07) is 12.8. The van der Waals surface area contributed by atoms with Crippen LogP contribution in [0.15, 0.2) is 72.4 Å². The highest BCUT2D eigenvalue weighted by Gasteiger charge is 2.41. The fraction of sp³-hybridized carbons (Fsp3) is 0.0833. The number of halogens is 5. The van der Waals surface area contributed by atoms with E-state index >= 15 is 0 Å². The lowest BCUT2D eigenvalue weighted by atomic mass is 10.0. The van der Waals surface area contributed by atoms with Crippen molar-refractivity contribution in [3.8, 4) is 0 Å². The molecule has 9 heteroatoms. The van der Waals surface area contributed by atoms with Crippen LogP contribution in [0, 0.1) is 18.6 Å². The number of carbonyl (C=O) groups excluding carboxylic acids is 2. The second kappa shape index (κ2) is 8.16. The molecule has 0 aliphatic carbocycles. The summed E-state index contributed by atoms with van der Waals surface area (Å²) in [6.45, 7) is 1.80. The van der Waals surface area contributed by atoms with Gasteiger partial charge < -0.3 is 5.32 Å². The molecule has 0 fully saturated rings. The van der Waals surface area contributed by atoms with Crippen LogP contribution in [0.4, 0.5) is 33.3 Å². The molecule has 0 aromatic heterocycles. The molecule has 1 heterocycles. The minimum absolute atomic E-state index is 0.104. The standard InChI is InChI=1S/C24H15F5N2O2/c1-13-5-7-14(8-6-13)20-21(30-17-4-2-3-15(11-17)24(27,28)29)23(33)31(22(20)32)19-12-16(25)9-10-18(19)26/h2-12,30H,1H3. The van der Waals surface area contributed by atoms with E-state index in [9.17, 15) is 31.5 Å². The second-order valence-electron chi connectivity index (χ2n) is 7.36. The van der Waals surface area contributed by atoms with Crippen LogP contribution in [-0.4, -0.2) is 11.8 Å². The fourth-order valence-corrected chi connectivity index (χ4v) is 3.43. The van der Waals surface area contributed by atoms with Gasteiger partial charge in [-0.15, -0.1) is 0 Å². The highest BCUT2D eigenvalue weighted by Crippen LogP contribution is 2.36. The minimum atomic E-state index is -4.63. The van der Waals surface area contributed by atoms with Gasteiger partial charge in [0.15, 0.2) is 0 Å². The van der Waals surface area contributed by atoms with Gasteiger partial charge in [-0.25, -0.2) is 13.7 Å². The van der Waals surface area contributed by atoms with Crippen molar-refractivity contribution < 1.29 is 31.5 Å². The molecular formula is C24H15F5N2O2. The van der Waals surface area contributed by atoms with Crippen molar-refractivity contribution in [3.05, 3.63) is 101 Å². The van der Waals surface area contributed by atoms with E-state index in [0.29, 0.717) is 11.0 Å². The van der Waals surface area contributed by atoms with E-state index in [4.69, 9.17) is 0 Å². The summed E-state index contributed by atoms with van der Waals surface area (Å²) >= 11 is 0. The van der Waals surface area contributed by atoms with Crippen molar-refractivity contribution in [1.82, 2.24) is 0 Å². The number of amides is 2. The van der Waals surface area contributed by atoms with Gasteiger partial charge in [-0.05, 0) is 42.8 Å². The third-order valence-electron chi connectivity index (χ3n) is 5.03. The van der Waals surface area contributed by atoms with Gasteiger partial charge in [0.25, 0.3) is 11.8 Å². The molecule has 3 aromatic rings. The number of hydrogen-bond donors (Lipinski definition) is 1. The number of hydrogen-bond acceptors (Lipinski definition) is 3. The molecule has 0 atom stereocenters. The monoisotopic (exact) mass is 458 g/mol. The van der Waals surface area contributed by atoms with Gasteiger partial charge in [-0.2, -0.15) is 13.2 Å². The smallest absolute Gasteiger partial charge is 0.350 e. The quantitative estimate of drug-likeness (QED) is 0.404. The third-order valence-corrected chi connectivity index (χ3v) is 5.03. The first-order valence-electron chi connectivity index (χ1n) is 9.65. The number of aryl methyl sites for hydroxylation is 1. The Morgan fingerprint density at radius 1 is 0.848 bits per heavy atom. The summed E-state index contributed by atoms with van der Waals surface area (Å²) in [6.07, 6.45) is -4.63. The van der Waals surface area contributed by atoms with E-state index in [0.717, 1.165) is 35.9 Å². The third kappa shape index (κ3) is 4.21. The molecule has 0 spiro atoms. The van der Waals surface area contributed by atoms with Crippen LogP contribution in [0.3, 0.4) is 0 Å².